The third kappa shape index (κ3) is 5.05. The zero-order valence-corrected chi connectivity index (χ0v) is 11.8. The first-order valence-electron chi connectivity index (χ1n) is 6.45. The molecule has 106 valence electrons. The van der Waals surface area contributed by atoms with E-state index in [-0.39, 0.29) is 6.42 Å². The summed E-state index contributed by atoms with van der Waals surface area (Å²) in [5.74, 6) is 1.16. The number of carboxylic acids is 1. The van der Waals surface area contributed by atoms with E-state index >= 15 is 0 Å². The molecule has 0 bridgehead atoms. The lowest BCUT2D eigenvalue weighted by Gasteiger charge is -1.96. The number of unbranched alkanes of at least 4 members (excludes halogenated alkanes) is 1. The number of hydrogen-bond donors (Lipinski definition) is 1. The topological polar surface area (TPSA) is 76.2 Å². The molecule has 20 heavy (non-hydrogen) atoms. The number of aliphatic carboxylic acids is 1. The maximum Gasteiger partial charge on any atom is 0.303 e. The summed E-state index contributed by atoms with van der Waals surface area (Å²) in [6.07, 6.45) is 2.20. The van der Waals surface area contributed by atoms with E-state index < -0.39 is 5.97 Å². The van der Waals surface area contributed by atoms with E-state index in [2.05, 4.69) is 10.1 Å². The van der Waals surface area contributed by atoms with Crippen molar-refractivity contribution in [1.29, 1.82) is 0 Å². The number of thioether (sulfide) groups is 1. The van der Waals surface area contributed by atoms with E-state index in [0.29, 0.717) is 30.3 Å². The molecule has 0 amide bonds. The minimum Gasteiger partial charge on any atom is -0.481 e. The standard InChI is InChI=1S/C14H16N2O3S/c17-14(18)9-5-4-8-13-15-12(16-19-13)10-20-11-6-2-1-3-7-11/h1-3,6-7H,4-5,8-10H2,(H,17,18). The number of benzene rings is 1. The summed E-state index contributed by atoms with van der Waals surface area (Å²) >= 11 is 1.66. The van der Waals surface area contributed by atoms with Crippen molar-refractivity contribution < 1.29 is 14.4 Å². The van der Waals surface area contributed by atoms with Gasteiger partial charge in [0.15, 0.2) is 5.82 Å². The van der Waals surface area contributed by atoms with Gasteiger partial charge in [-0.2, -0.15) is 4.98 Å². The van der Waals surface area contributed by atoms with E-state index in [1.807, 2.05) is 30.3 Å². The van der Waals surface area contributed by atoms with Gasteiger partial charge in [-0.05, 0) is 25.0 Å². The highest BCUT2D eigenvalue weighted by molar-refractivity contribution is 7.98. The molecule has 0 saturated heterocycles. The molecule has 0 aliphatic rings. The summed E-state index contributed by atoms with van der Waals surface area (Å²) in [6.45, 7) is 0. The Kier molecular flexibility index (Phi) is 5.61. The fourth-order valence-corrected chi connectivity index (χ4v) is 2.43. The molecule has 0 fully saturated rings. The lowest BCUT2D eigenvalue weighted by molar-refractivity contribution is -0.137. The monoisotopic (exact) mass is 292 g/mol. The van der Waals surface area contributed by atoms with Gasteiger partial charge in [-0.15, -0.1) is 11.8 Å². The van der Waals surface area contributed by atoms with Gasteiger partial charge in [0, 0.05) is 17.7 Å². The smallest absolute Gasteiger partial charge is 0.303 e. The number of aromatic nitrogens is 2. The highest BCUT2D eigenvalue weighted by Gasteiger charge is 2.07. The van der Waals surface area contributed by atoms with Crippen LogP contribution >= 0.6 is 11.8 Å². The van der Waals surface area contributed by atoms with Crippen molar-refractivity contribution in [2.75, 3.05) is 0 Å². The van der Waals surface area contributed by atoms with E-state index in [0.717, 1.165) is 6.42 Å². The molecule has 0 spiro atoms. The normalized spacial score (nSPS) is 10.6. The molecule has 2 aromatic rings. The molecule has 0 radical (unpaired) electrons. The van der Waals surface area contributed by atoms with Crippen LogP contribution in [-0.4, -0.2) is 21.2 Å². The lowest BCUT2D eigenvalue weighted by Crippen LogP contribution is -1.95. The number of carboxylic acid groups (broad SMARTS) is 1. The maximum absolute atomic E-state index is 10.4. The molecule has 1 aromatic carbocycles. The molecular formula is C14H16N2O3S. The highest BCUT2D eigenvalue weighted by Crippen LogP contribution is 2.20. The Morgan fingerprint density at radius 2 is 2.05 bits per heavy atom. The Morgan fingerprint density at radius 3 is 2.80 bits per heavy atom. The van der Waals surface area contributed by atoms with Crippen LogP contribution in [0.2, 0.25) is 0 Å². The molecule has 0 atom stereocenters. The number of aryl methyl sites for hydroxylation is 1. The van der Waals surface area contributed by atoms with Crippen LogP contribution in [0.5, 0.6) is 0 Å². The van der Waals surface area contributed by atoms with Gasteiger partial charge in [0.05, 0.1) is 5.75 Å². The summed E-state index contributed by atoms with van der Waals surface area (Å²) in [5, 5.41) is 12.5. The maximum atomic E-state index is 10.4. The van der Waals surface area contributed by atoms with Crippen molar-refractivity contribution in [3.63, 3.8) is 0 Å². The average Bonchev–Trinajstić information content (AvgIpc) is 2.90. The molecule has 0 aliphatic carbocycles. The zero-order chi connectivity index (χ0) is 14.2. The molecule has 0 saturated carbocycles. The molecule has 2 rings (SSSR count). The summed E-state index contributed by atoms with van der Waals surface area (Å²) in [5.41, 5.74) is 0. The van der Waals surface area contributed by atoms with E-state index in [4.69, 9.17) is 9.63 Å². The molecule has 0 unspecified atom stereocenters. The summed E-state index contributed by atoms with van der Waals surface area (Å²) < 4.78 is 5.14. The van der Waals surface area contributed by atoms with Gasteiger partial charge in [0.1, 0.15) is 0 Å². The largest absolute Gasteiger partial charge is 0.481 e. The highest BCUT2D eigenvalue weighted by atomic mass is 32.2. The van der Waals surface area contributed by atoms with Crippen LogP contribution in [0.1, 0.15) is 31.0 Å². The van der Waals surface area contributed by atoms with Crippen LogP contribution in [0.4, 0.5) is 0 Å². The minimum absolute atomic E-state index is 0.185. The van der Waals surface area contributed by atoms with Crippen molar-refractivity contribution in [2.45, 2.75) is 36.3 Å². The van der Waals surface area contributed by atoms with Crippen LogP contribution in [0.3, 0.4) is 0 Å². The van der Waals surface area contributed by atoms with Crippen molar-refractivity contribution in [3.05, 3.63) is 42.0 Å². The van der Waals surface area contributed by atoms with Gasteiger partial charge in [-0.25, -0.2) is 0 Å². The van der Waals surface area contributed by atoms with Gasteiger partial charge in [-0.3, -0.25) is 4.79 Å². The van der Waals surface area contributed by atoms with Crippen LogP contribution in [0, 0.1) is 0 Å². The van der Waals surface area contributed by atoms with Crippen LogP contribution in [0.15, 0.2) is 39.8 Å². The quantitative estimate of drug-likeness (QED) is 0.595. The predicted molar refractivity (Wildman–Crippen MR) is 75.5 cm³/mol. The first-order chi connectivity index (χ1) is 9.74. The molecular weight excluding hydrogens is 276 g/mol. The Bertz CT molecular complexity index is 542. The lowest BCUT2D eigenvalue weighted by atomic mass is 10.2. The fraction of sp³-hybridized carbons (Fsp3) is 0.357. The fourth-order valence-electron chi connectivity index (χ4n) is 1.67. The Morgan fingerprint density at radius 1 is 1.25 bits per heavy atom. The zero-order valence-electron chi connectivity index (χ0n) is 11.0. The van der Waals surface area contributed by atoms with Crippen molar-refractivity contribution in [3.8, 4) is 0 Å². The van der Waals surface area contributed by atoms with E-state index in [9.17, 15) is 4.79 Å². The van der Waals surface area contributed by atoms with Gasteiger partial charge >= 0.3 is 5.97 Å². The van der Waals surface area contributed by atoms with Crippen LogP contribution in [-0.2, 0) is 17.0 Å². The Labute approximate surface area is 121 Å². The minimum atomic E-state index is -0.768. The van der Waals surface area contributed by atoms with Gasteiger partial charge < -0.3 is 9.63 Å². The molecule has 0 aliphatic heterocycles. The van der Waals surface area contributed by atoms with E-state index in [1.54, 1.807) is 11.8 Å². The number of rotatable bonds is 8. The first kappa shape index (κ1) is 14.6. The number of carbonyl (C=O) groups is 1. The van der Waals surface area contributed by atoms with Crippen LogP contribution < -0.4 is 0 Å². The van der Waals surface area contributed by atoms with E-state index in [1.165, 1.54) is 4.90 Å². The average molecular weight is 292 g/mol. The first-order valence-corrected chi connectivity index (χ1v) is 7.43. The third-order valence-electron chi connectivity index (χ3n) is 2.65. The second-order valence-electron chi connectivity index (χ2n) is 4.31. The molecule has 5 nitrogen and oxygen atoms in total. The molecule has 1 aromatic heterocycles. The number of hydrogen-bond acceptors (Lipinski definition) is 5. The Hall–Kier alpha value is -1.82. The second kappa shape index (κ2) is 7.69. The second-order valence-corrected chi connectivity index (χ2v) is 5.36. The third-order valence-corrected chi connectivity index (χ3v) is 3.66. The van der Waals surface area contributed by atoms with Crippen molar-refractivity contribution in [1.82, 2.24) is 10.1 Å². The number of nitrogens with zero attached hydrogens (tertiary/aromatic N) is 2. The summed E-state index contributed by atoms with van der Waals surface area (Å²) in [7, 11) is 0. The van der Waals surface area contributed by atoms with Crippen molar-refractivity contribution in [2.24, 2.45) is 0 Å². The van der Waals surface area contributed by atoms with Gasteiger partial charge in [-0.1, -0.05) is 23.4 Å². The summed E-state index contributed by atoms with van der Waals surface area (Å²) in [4.78, 5) is 15.8. The molecule has 6 heteroatoms. The Balaban J connectivity index is 1.73. The van der Waals surface area contributed by atoms with Crippen molar-refractivity contribution >= 4 is 17.7 Å². The molecule has 1 N–H and O–H groups in total. The predicted octanol–water partition coefficient (Wildman–Crippen LogP) is 3.16. The van der Waals surface area contributed by atoms with Gasteiger partial charge in [0.25, 0.3) is 0 Å². The van der Waals surface area contributed by atoms with Gasteiger partial charge in [0.2, 0.25) is 5.89 Å². The SMILES string of the molecule is O=C(O)CCCCc1nc(CSc2ccccc2)no1. The molecule has 1 heterocycles. The summed E-state index contributed by atoms with van der Waals surface area (Å²) in [6, 6.07) is 10.0. The van der Waals surface area contributed by atoms with Crippen LogP contribution in [0.25, 0.3) is 0 Å².